The van der Waals surface area contributed by atoms with Crippen LogP contribution in [0.1, 0.15) is 29.7 Å². The van der Waals surface area contributed by atoms with Gasteiger partial charge in [-0.2, -0.15) is 26.3 Å². The minimum absolute atomic E-state index is 0.107. The van der Waals surface area contributed by atoms with Crippen LogP contribution in [0.3, 0.4) is 0 Å². The lowest BCUT2D eigenvalue weighted by Gasteiger charge is -2.22. The molecule has 162 valence electrons. The topological polar surface area (TPSA) is 94.9 Å². The van der Waals surface area contributed by atoms with Crippen molar-refractivity contribution in [2.45, 2.75) is 36.3 Å². The highest BCUT2D eigenvalue weighted by Gasteiger charge is 2.38. The number of nitrogens with one attached hydrogen (secondary N) is 1. The molecule has 13 heteroatoms. The van der Waals surface area contributed by atoms with Crippen LogP contribution in [0, 0.1) is 0 Å². The summed E-state index contributed by atoms with van der Waals surface area (Å²) in [5, 5.41) is 3.48. The van der Waals surface area contributed by atoms with E-state index < -0.39 is 50.5 Å². The summed E-state index contributed by atoms with van der Waals surface area (Å²) in [6.07, 6.45) is -10.4. The molecule has 0 unspecified atom stereocenters. The largest absolute Gasteiger partial charge is 0.416 e. The van der Waals surface area contributed by atoms with Gasteiger partial charge in [-0.1, -0.05) is 35.4 Å². The summed E-state index contributed by atoms with van der Waals surface area (Å²) in [4.78, 5) is 1.40. The molecular weight excluding hydrogens is 438 g/mol. The van der Waals surface area contributed by atoms with E-state index in [0.717, 1.165) is 0 Å². The predicted octanol–water partition coefficient (Wildman–Crippen LogP) is 5.44. The third kappa shape index (κ3) is 5.65. The highest BCUT2D eigenvalue weighted by atomic mass is 32.2. The van der Waals surface area contributed by atoms with E-state index in [2.05, 4.69) is 10.0 Å². The summed E-state index contributed by atoms with van der Waals surface area (Å²) in [7, 11) is -4.83. The lowest BCUT2D eigenvalue weighted by molar-refractivity contribution is -0.143. The summed E-state index contributed by atoms with van der Waals surface area (Å²) >= 11 is 0. The van der Waals surface area contributed by atoms with E-state index in [0.29, 0.717) is 5.56 Å². The summed E-state index contributed by atoms with van der Waals surface area (Å²) in [5.41, 5.74) is 5.61. The second kappa shape index (κ2) is 8.54. The lowest BCUT2D eigenvalue weighted by atomic mass is 10.0. The monoisotopic (exact) mass is 452 g/mol. The number of benzene rings is 2. The molecule has 2 atom stereocenters. The fourth-order valence-corrected chi connectivity index (χ4v) is 3.94. The van der Waals surface area contributed by atoms with Gasteiger partial charge in [-0.05, 0) is 36.2 Å². The van der Waals surface area contributed by atoms with Gasteiger partial charge in [0.1, 0.15) is 0 Å². The molecule has 6 nitrogen and oxygen atoms in total. The molecule has 0 spiro atoms. The van der Waals surface area contributed by atoms with Crippen LogP contribution < -0.4 is 4.72 Å². The number of rotatable bonds is 6. The zero-order chi connectivity index (χ0) is 22.7. The highest BCUT2D eigenvalue weighted by Crippen LogP contribution is 2.37. The van der Waals surface area contributed by atoms with Crippen molar-refractivity contribution in [2.75, 3.05) is 0 Å². The Morgan fingerprint density at radius 1 is 0.967 bits per heavy atom. The summed E-state index contributed by atoms with van der Waals surface area (Å²) in [6, 6.07) is 5.62. The molecular formula is C17H14F6N4O2S. The Morgan fingerprint density at radius 2 is 1.47 bits per heavy atom. The Hall–Kier alpha value is -2.76. The molecule has 0 aromatic heterocycles. The van der Waals surface area contributed by atoms with Crippen LogP contribution in [-0.4, -0.2) is 14.5 Å². The van der Waals surface area contributed by atoms with E-state index in [1.165, 1.54) is 19.1 Å². The third-order valence-electron chi connectivity index (χ3n) is 4.00. The third-order valence-corrected chi connectivity index (χ3v) is 5.54. The van der Waals surface area contributed by atoms with Crippen LogP contribution in [0.2, 0.25) is 0 Å². The second-order valence-electron chi connectivity index (χ2n) is 6.21. The van der Waals surface area contributed by atoms with Crippen LogP contribution in [0.5, 0.6) is 0 Å². The van der Waals surface area contributed by atoms with E-state index in [-0.39, 0.29) is 18.2 Å². The van der Waals surface area contributed by atoms with Crippen LogP contribution >= 0.6 is 0 Å². The van der Waals surface area contributed by atoms with Crippen LogP contribution in [0.15, 0.2) is 58.5 Å². The minimum Gasteiger partial charge on any atom is -0.208 e. The number of sulfonamides is 1. The first-order valence-corrected chi connectivity index (χ1v) is 9.65. The average molecular weight is 452 g/mol. The standard InChI is InChI=1S/C17H14F6N4O2S/c1-10(15(25-27-24)11-5-3-2-4-6-11)26-30(28,29)14-8-12(16(18,19)20)7-13(9-14)17(21,22)23/h2-10,15,26H,1H3/t10-,15-/m1/s1. The molecule has 2 rings (SSSR count). The molecule has 0 saturated heterocycles. The zero-order valence-corrected chi connectivity index (χ0v) is 15.9. The summed E-state index contributed by atoms with van der Waals surface area (Å²) < 4.78 is 105. The minimum atomic E-state index is -5.20. The molecule has 0 amide bonds. The number of nitrogens with zero attached hydrogens (tertiary/aromatic N) is 3. The first-order valence-electron chi connectivity index (χ1n) is 8.16. The first-order chi connectivity index (χ1) is 13.8. The van der Waals surface area contributed by atoms with Crippen molar-refractivity contribution in [3.05, 3.63) is 75.7 Å². The van der Waals surface area contributed by atoms with E-state index in [1.54, 1.807) is 18.2 Å². The van der Waals surface area contributed by atoms with Crippen LogP contribution in [0.4, 0.5) is 26.3 Å². The van der Waals surface area contributed by atoms with Crippen molar-refractivity contribution in [2.24, 2.45) is 5.11 Å². The molecule has 30 heavy (non-hydrogen) atoms. The van der Waals surface area contributed by atoms with Crippen molar-refractivity contribution >= 4 is 10.0 Å². The molecule has 2 aromatic carbocycles. The number of hydrogen-bond donors (Lipinski definition) is 1. The van der Waals surface area contributed by atoms with E-state index in [4.69, 9.17) is 5.53 Å². The van der Waals surface area contributed by atoms with Gasteiger partial charge in [-0.3, -0.25) is 0 Å². The van der Waals surface area contributed by atoms with Gasteiger partial charge in [0.05, 0.1) is 22.1 Å². The summed E-state index contributed by atoms with van der Waals surface area (Å²) in [6.45, 7) is 1.27. The number of alkyl halides is 6. The smallest absolute Gasteiger partial charge is 0.208 e. The van der Waals surface area contributed by atoms with Crippen LogP contribution in [0.25, 0.3) is 10.4 Å². The molecule has 0 heterocycles. The Kier molecular flexibility index (Phi) is 6.70. The van der Waals surface area contributed by atoms with Gasteiger partial charge in [-0.15, -0.1) is 0 Å². The van der Waals surface area contributed by atoms with Crippen molar-refractivity contribution in [3.8, 4) is 0 Å². The molecule has 0 fully saturated rings. The molecule has 2 aromatic rings. The SMILES string of the molecule is C[C@@H](NS(=O)(=O)c1cc(C(F)(F)F)cc(C(F)(F)F)c1)[C@@H](N=[N+]=[N-])c1ccccc1. The van der Waals surface area contributed by atoms with Gasteiger partial charge < -0.3 is 0 Å². The Bertz CT molecular complexity index is 1020. The Balaban J connectivity index is 2.48. The normalized spacial score (nSPS) is 14.6. The first kappa shape index (κ1) is 23.5. The maximum atomic E-state index is 13.0. The molecule has 0 radical (unpaired) electrons. The summed E-state index contributed by atoms with van der Waals surface area (Å²) in [5.74, 6) is 0. The molecule has 1 N–H and O–H groups in total. The maximum absolute atomic E-state index is 13.0. The quantitative estimate of drug-likeness (QED) is 0.273. The van der Waals surface area contributed by atoms with Crippen LogP contribution in [-0.2, 0) is 22.4 Å². The van der Waals surface area contributed by atoms with Crippen molar-refractivity contribution in [3.63, 3.8) is 0 Å². The number of azide groups is 1. The van der Waals surface area contributed by atoms with Gasteiger partial charge in [0.2, 0.25) is 10.0 Å². The van der Waals surface area contributed by atoms with E-state index in [1.807, 2.05) is 4.72 Å². The number of hydrogen-bond acceptors (Lipinski definition) is 3. The molecule has 0 aliphatic rings. The maximum Gasteiger partial charge on any atom is 0.416 e. The predicted molar refractivity (Wildman–Crippen MR) is 94.6 cm³/mol. The fourth-order valence-electron chi connectivity index (χ4n) is 2.62. The Morgan fingerprint density at radius 3 is 1.90 bits per heavy atom. The van der Waals surface area contributed by atoms with E-state index in [9.17, 15) is 34.8 Å². The van der Waals surface area contributed by atoms with Gasteiger partial charge >= 0.3 is 12.4 Å². The van der Waals surface area contributed by atoms with Gasteiger partial charge in [-0.25, -0.2) is 13.1 Å². The molecule has 0 saturated carbocycles. The fraction of sp³-hybridized carbons (Fsp3) is 0.294. The van der Waals surface area contributed by atoms with E-state index >= 15 is 0 Å². The lowest BCUT2D eigenvalue weighted by Crippen LogP contribution is -2.36. The van der Waals surface area contributed by atoms with Crippen molar-refractivity contribution in [1.82, 2.24) is 4.72 Å². The van der Waals surface area contributed by atoms with Gasteiger partial charge in [0.25, 0.3) is 0 Å². The van der Waals surface area contributed by atoms with Gasteiger partial charge in [0.15, 0.2) is 0 Å². The molecule has 0 aliphatic heterocycles. The van der Waals surface area contributed by atoms with Gasteiger partial charge in [0, 0.05) is 11.0 Å². The Labute approximate surface area is 167 Å². The van der Waals surface area contributed by atoms with Crippen molar-refractivity contribution in [1.29, 1.82) is 0 Å². The second-order valence-corrected chi connectivity index (χ2v) is 7.93. The van der Waals surface area contributed by atoms with Crippen molar-refractivity contribution < 1.29 is 34.8 Å². The molecule has 0 aliphatic carbocycles. The number of halogens is 6. The molecule has 0 bridgehead atoms. The zero-order valence-electron chi connectivity index (χ0n) is 15.1. The highest BCUT2D eigenvalue weighted by molar-refractivity contribution is 7.89. The average Bonchev–Trinajstić information content (AvgIpc) is 2.64.